The molecule has 0 spiro atoms. The van der Waals surface area contributed by atoms with E-state index in [9.17, 15) is 9.59 Å². The van der Waals surface area contributed by atoms with E-state index in [1.807, 2.05) is 18.2 Å². The molecule has 6 heteroatoms. The summed E-state index contributed by atoms with van der Waals surface area (Å²) in [7, 11) is 0. The van der Waals surface area contributed by atoms with Gasteiger partial charge < -0.3 is 10.3 Å². The molecular formula is C24H29N3O2S. The fraction of sp³-hybridized carbons (Fsp3) is 0.458. The number of nitrogens with zero attached hydrogens (tertiary/aromatic N) is 1. The number of nitrogens with one attached hydrogen (secondary N) is 2. The summed E-state index contributed by atoms with van der Waals surface area (Å²) in [6, 6.07) is 10.3. The van der Waals surface area contributed by atoms with Crippen molar-refractivity contribution >= 4 is 27.5 Å². The lowest BCUT2D eigenvalue weighted by Gasteiger charge is -2.17. The molecule has 1 amide bonds. The largest absolute Gasteiger partial charge is 0.355 e. The summed E-state index contributed by atoms with van der Waals surface area (Å²) < 4.78 is 0. The monoisotopic (exact) mass is 423 g/mol. The average molecular weight is 424 g/mol. The average Bonchev–Trinajstić information content (AvgIpc) is 3.11. The van der Waals surface area contributed by atoms with E-state index in [1.165, 1.54) is 16.0 Å². The van der Waals surface area contributed by atoms with Gasteiger partial charge in [0.15, 0.2) is 0 Å². The molecule has 2 heterocycles. The molecule has 0 saturated carbocycles. The lowest BCUT2D eigenvalue weighted by Crippen LogP contribution is -2.28. The van der Waals surface area contributed by atoms with Crippen molar-refractivity contribution in [2.24, 2.45) is 5.92 Å². The first-order chi connectivity index (χ1) is 14.5. The van der Waals surface area contributed by atoms with Crippen LogP contribution in [0.1, 0.15) is 60.9 Å². The Hall–Kier alpha value is -2.47. The van der Waals surface area contributed by atoms with Gasteiger partial charge in [-0.15, -0.1) is 11.3 Å². The maximum absolute atomic E-state index is 12.7. The third-order valence-corrected chi connectivity index (χ3v) is 7.26. The fourth-order valence-corrected chi connectivity index (χ4v) is 5.69. The molecule has 2 aromatic heterocycles. The number of carbonyl (C=O) groups is 1. The molecule has 1 aliphatic rings. The van der Waals surface area contributed by atoms with Crippen LogP contribution >= 0.6 is 11.3 Å². The van der Waals surface area contributed by atoms with Gasteiger partial charge in [0.05, 0.1) is 5.39 Å². The first-order valence-electron chi connectivity index (χ1n) is 10.9. The fourth-order valence-electron chi connectivity index (χ4n) is 4.29. The van der Waals surface area contributed by atoms with Gasteiger partial charge in [-0.3, -0.25) is 9.59 Å². The Kier molecular flexibility index (Phi) is 6.32. The van der Waals surface area contributed by atoms with Crippen molar-refractivity contribution in [3.8, 4) is 0 Å². The van der Waals surface area contributed by atoms with E-state index in [4.69, 9.17) is 0 Å². The maximum Gasteiger partial charge on any atom is 0.259 e. The van der Waals surface area contributed by atoms with Crippen LogP contribution in [0.5, 0.6) is 0 Å². The van der Waals surface area contributed by atoms with Crippen LogP contribution in [0.4, 0.5) is 0 Å². The van der Waals surface area contributed by atoms with Crippen LogP contribution in [0.3, 0.4) is 0 Å². The van der Waals surface area contributed by atoms with Crippen LogP contribution in [-0.2, 0) is 24.1 Å². The molecule has 4 rings (SSSR count). The van der Waals surface area contributed by atoms with Gasteiger partial charge in [-0.1, -0.05) is 44.2 Å². The number of hydrogen-bond acceptors (Lipinski definition) is 4. The topological polar surface area (TPSA) is 74.8 Å². The van der Waals surface area contributed by atoms with Crippen molar-refractivity contribution in [2.45, 2.75) is 58.3 Å². The van der Waals surface area contributed by atoms with Gasteiger partial charge in [0.1, 0.15) is 10.7 Å². The molecule has 1 aromatic carbocycles. The standard InChI is InChI=1S/C24H29N3O2S/c1-3-16(17-7-5-4-6-8-17)14-25-21(28)12-11-20-26-23(29)22-18-10-9-15(2)13-19(18)30-24(22)27-20/h4-8,15-16H,3,9-14H2,1-2H3,(H,25,28)(H,26,27,29)/t15-,16+/m1/s1. The summed E-state index contributed by atoms with van der Waals surface area (Å²) in [4.78, 5) is 34.8. The smallest absolute Gasteiger partial charge is 0.259 e. The summed E-state index contributed by atoms with van der Waals surface area (Å²) >= 11 is 1.65. The molecule has 2 N–H and O–H groups in total. The SMILES string of the molecule is CC[C@@H](CNC(=O)CCc1nc2sc3c(c2c(=O)[nH]1)CC[C@@H](C)C3)c1ccccc1. The molecule has 5 nitrogen and oxygen atoms in total. The van der Waals surface area contributed by atoms with E-state index >= 15 is 0 Å². The number of H-pyrrole nitrogens is 1. The van der Waals surface area contributed by atoms with E-state index in [0.717, 1.165) is 35.9 Å². The van der Waals surface area contributed by atoms with Crippen molar-refractivity contribution in [3.63, 3.8) is 0 Å². The van der Waals surface area contributed by atoms with Crippen molar-refractivity contribution < 1.29 is 4.79 Å². The van der Waals surface area contributed by atoms with E-state index < -0.39 is 0 Å². The van der Waals surface area contributed by atoms with E-state index in [2.05, 4.69) is 41.3 Å². The molecule has 0 bridgehead atoms. The first kappa shape index (κ1) is 20.8. The normalized spacial score (nSPS) is 16.9. The van der Waals surface area contributed by atoms with Crippen LogP contribution in [0.25, 0.3) is 10.2 Å². The molecule has 0 aliphatic heterocycles. The summed E-state index contributed by atoms with van der Waals surface area (Å²) in [6.07, 6.45) is 4.86. The predicted octanol–water partition coefficient (Wildman–Crippen LogP) is 4.35. The minimum absolute atomic E-state index is 0.00794. The molecule has 2 atom stereocenters. The number of rotatable bonds is 7. The van der Waals surface area contributed by atoms with Gasteiger partial charge in [-0.25, -0.2) is 4.98 Å². The number of benzene rings is 1. The zero-order chi connectivity index (χ0) is 21.1. The van der Waals surface area contributed by atoms with Gasteiger partial charge in [0, 0.05) is 30.2 Å². The van der Waals surface area contributed by atoms with Crippen LogP contribution in [-0.4, -0.2) is 22.4 Å². The highest BCUT2D eigenvalue weighted by Crippen LogP contribution is 2.35. The Morgan fingerprint density at radius 2 is 2.13 bits per heavy atom. The molecule has 158 valence electrons. The Balaban J connectivity index is 1.39. The zero-order valence-electron chi connectivity index (χ0n) is 17.7. The minimum Gasteiger partial charge on any atom is -0.355 e. The Bertz CT molecular complexity index is 1090. The van der Waals surface area contributed by atoms with Crippen molar-refractivity contribution in [2.75, 3.05) is 6.54 Å². The molecule has 0 saturated heterocycles. The molecule has 0 radical (unpaired) electrons. The molecule has 0 fully saturated rings. The molecule has 1 aliphatic carbocycles. The second-order valence-electron chi connectivity index (χ2n) is 8.36. The van der Waals surface area contributed by atoms with Crippen molar-refractivity contribution in [1.29, 1.82) is 0 Å². The van der Waals surface area contributed by atoms with Crippen molar-refractivity contribution in [1.82, 2.24) is 15.3 Å². The highest BCUT2D eigenvalue weighted by Gasteiger charge is 2.23. The molecular weight excluding hydrogens is 394 g/mol. The number of aryl methyl sites for hydroxylation is 2. The third-order valence-electron chi connectivity index (χ3n) is 6.11. The van der Waals surface area contributed by atoms with Gasteiger partial charge in [0.25, 0.3) is 5.56 Å². The number of thiophene rings is 1. The van der Waals surface area contributed by atoms with Crippen LogP contribution < -0.4 is 10.9 Å². The van der Waals surface area contributed by atoms with Crippen LogP contribution in [0.15, 0.2) is 35.1 Å². The minimum atomic E-state index is -0.0578. The van der Waals surface area contributed by atoms with Crippen LogP contribution in [0, 0.1) is 5.92 Å². The second kappa shape index (κ2) is 9.13. The van der Waals surface area contributed by atoms with E-state index in [-0.39, 0.29) is 11.5 Å². The van der Waals surface area contributed by atoms with E-state index in [1.54, 1.807) is 11.3 Å². The number of amides is 1. The quantitative estimate of drug-likeness (QED) is 0.593. The number of carbonyl (C=O) groups excluding carboxylic acids is 1. The second-order valence-corrected chi connectivity index (χ2v) is 9.45. The summed E-state index contributed by atoms with van der Waals surface area (Å²) in [5, 5.41) is 3.81. The highest BCUT2D eigenvalue weighted by molar-refractivity contribution is 7.18. The molecule has 0 unspecified atom stereocenters. The lowest BCUT2D eigenvalue weighted by atomic mass is 9.89. The summed E-state index contributed by atoms with van der Waals surface area (Å²) in [6.45, 7) is 5.02. The van der Waals surface area contributed by atoms with Gasteiger partial charge >= 0.3 is 0 Å². The zero-order valence-corrected chi connectivity index (χ0v) is 18.5. The number of aromatic nitrogens is 2. The number of hydrogen-bond donors (Lipinski definition) is 2. The lowest BCUT2D eigenvalue weighted by molar-refractivity contribution is -0.121. The van der Waals surface area contributed by atoms with Gasteiger partial charge in [-0.05, 0) is 42.7 Å². The number of fused-ring (bicyclic) bond motifs is 3. The van der Waals surface area contributed by atoms with E-state index in [0.29, 0.717) is 37.0 Å². The summed E-state index contributed by atoms with van der Waals surface area (Å²) in [5.41, 5.74) is 2.38. The van der Waals surface area contributed by atoms with Gasteiger partial charge in [0.2, 0.25) is 5.91 Å². The Morgan fingerprint density at radius 1 is 1.33 bits per heavy atom. The maximum atomic E-state index is 12.7. The Labute approximate surface area is 180 Å². The Morgan fingerprint density at radius 3 is 2.90 bits per heavy atom. The predicted molar refractivity (Wildman–Crippen MR) is 122 cm³/mol. The highest BCUT2D eigenvalue weighted by atomic mass is 32.1. The third kappa shape index (κ3) is 4.48. The molecule has 3 aromatic rings. The summed E-state index contributed by atoms with van der Waals surface area (Å²) in [5.74, 6) is 1.57. The molecule has 30 heavy (non-hydrogen) atoms. The first-order valence-corrected chi connectivity index (χ1v) is 11.7. The number of aromatic amines is 1. The van der Waals surface area contributed by atoms with Crippen molar-refractivity contribution in [3.05, 3.63) is 62.5 Å². The van der Waals surface area contributed by atoms with Crippen LogP contribution in [0.2, 0.25) is 0 Å². The van der Waals surface area contributed by atoms with Gasteiger partial charge in [-0.2, -0.15) is 0 Å².